The average Bonchev–Trinajstić information content (AvgIpc) is 3.04. The third-order valence-corrected chi connectivity index (χ3v) is 4.27. The molecule has 0 aliphatic rings. The first-order chi connectivity index (χ1) is 14.6. The molecule has 2 aromatic carbocycles. The third kappa shape index (κ3) is 4.97. The quantitative estimate of drug-likeness (QED) is 0.463. The number of rotatable bonds is 7. The summed E-state index contributed by atoms with van der Waals surface area (Å²) in [6.45, 7) is -0.0363. The summed E-state index contributed by atoms with van der Waals surface area (Å²) >= 11 is 0. The van der Waals surface area contributed by atoms with Crippen molar-refractivity contribution in [2.24, 2.45) is 10.2 Å². The molecule has 0 atom stereocenters. The van der Waals surface area contributed by atoms with Crippen LogP contribution in [0.5, 0.6) is 5.88 Å². The number of benzene rings is 2. The number of nitriles is 1. The molecule has 2 N–H and O–H groups in total. The zero-order chi connectivity index (χ0) is 21.3. The fraction of sp³-hybridized carbons (Fsp3) is 0.136. The van der Waals surface area contributed by atoms with Gasteiger partial charge in [0.15, 0.2) is 5.69 Å². The lowest BCUT2D eigenvalue weighted by atomic mass is 10.2. The van der Waals surface area contributed by atoms with Crippen LogP contribution in [-0.2, 0) is 16.1 Å². The van der Waals surface area contributed by atoms with E-state index < -0.39 is 11.8 Å². The number of amides is 2. The van der Waals surface area contributed by atoms with Crippen LogP contribution in [-0.4, -0.2) is 28.0 Å². The number of hydrogen-bond acceptors (Lipinski definition) is 5. The molecule has 0 spiro atoms. The number of carbonyl (C=O) groups excluding carboxylic acids is 2. The van der Waals surface area contributed by atoms with Gasteiger partial charge in [-0.15, -0.1) is 10.2 Å². The highest BCUT2D eigenvalue weighted by Crippen LogP contribution is 2.38. The second kappa shape index (κ2) is 9.80. The van der Waals surface area contributed by atoms with E-state index in [4.69, 9.17) is 5.26 Å². The van der Waals surface area contributed by atoms with Gasteiger partial charge in [0.05, 0.1) is 18.0 Å². The fourth-order valence-corrected chi connectivity index (χ4v) is 2.86. The first-order valence-corrected chi connectivity index (χ1v) is 9.23. The van der Waals surface area contributed by atoms with E-state index in [-0.39, 0.29) is 31.1 Å². The van der Waals surface area contributed by atoms with E-state index >= 15 is 0 Å². The van der Waals surface area contributed by atoms with Crippen molar-refractivity contribution in [3.63, 3.8) is 0 Å². The fourth-order valence-electron chi connectivity index (χ4n) is 2.86. The Morgan fingerprint density at radius 1 is 1.13 bits per heavy atom. The highest BCUT2D eigenvalue weighted by Gasteiger charge is 2.16. The van der Waals surface area contributed by atoms with Crippen molar-refractivity contribution >= 4 is 34.5 Å². The summed E-state index contributed by atoms with van der Waals surface area (Å²) in [5.41, 5.74) is 1.69. The summed E-state index contributed by atoms with van der Waals surface area (Å²) < 4.78 is 1.55. The third-order valence-electron chi connectivity index (χ3n) is 4.27. The molecule has 0 bridgehead atoms. The van der Waals surface area contributed by atoms with E-state index in [9.17, 15) is 14.7 Å². The molecule has 1 heterocycles. The van der Waals surface area contributed by atoms with Crippen LogP contribution in [0.2, 0.25) is 0 Å². The van der Waals surface area contributed by atoms with Gasteiger partial charge in [0.25, 0.3) is 5.91 Å². The summed E-state index contributed by atoms with van der Waals surface area (Å²) in [5.74, 6) is -1.26. The normalized spacial score (nSPS) is 11.2. The lowest BCUT2D eigenvalue weighted by molar-refractivity contribution is -0.122. The standard InChI is InChI=1S/C22H19N5O3/c23-13-6-14-27-18-10-5-4-9-17(18)21(22(27)30)26-25-20(29)15-24-19(28)12-11-16-7-2-1-3-8-16/h1-5,7-12,30H,6,14-15H2,(H,24,28)/b12-11+,26-25?. The smallest absolute Gasteiger partial charge is 0.283 e. The van der Waals surface area contributed by atoms with E-state index in [0.717, 1.165) is 5.56 Å². The number of para-hydroxylation sites is 1. The maximum atomic E-state index is 12.0. The number of nitrogens with zero attached hydrogens (tertiary/aromatic N) is 4. The van der Waals surface area contributed by atoms with Gasteiger partial charge in [-0.05, 0) is 17.7 Å². The second-order valence-electron chi connectivity index (χ2n) is 6.30. The van der Waals surface area contributed by atoms with Gasteiger partial charge in [-0.1, -0.05) is 48.5 Å². The second-order valence-corrected chi connectivity index (χ2v) is 6.30. The molecule has 3 aromatic rings. The minimum Gasteiger partial charge on any atom is -0.493 e. The van der Waals surface area contributed by atoms with Gasteiger partial charge in [0, 0.05) is 18.0 Å². The number of carbonyl (C=O) groups is 2. The van der Waals surface area contributed by atoms with E-state index in [1.807, 2.05) is 36.4 Å². The lowest BCUT2D eigenvalue weighted by Gasteiger charge is -2.02. The van der Waals surface area contributed by atoms with E-state index in [1.165, 1.54) is 6.08 Å². The molecule has 0 radical (unpaired) electrons. The molecule has 0 saturated carbocycles. The molecular weight excluding hydrogens is 382 g/mol. The molecule has 0 fully saturated rings. The van der Waals surface area contributed by atoms with E-state index in [2.05, 4.69) is 15.5 Å². The average molecular weight is 401 g/mol. The van der Waals surface area contributed by atoms with Gasteiger partial charge >= 0.3 is 0 Å². The van der Waals surface area contributed by atoms with Crippen LogP contribution in [0, 0.1) is 11.3 Å². The Morgan fingerprint density at radius 3 is 2.63 bits per heavy atom. The van der Waals surface area contributed by atoms with Gasteiger partial charge in [0.1, 0.15) is 6.54 Å². The van der Waals surface area contributed by atoms with Crippen molar-refractivity contribution < 1.29 is 14.7 Å². The summed E-state index contributed by atoms with van der Waals surface area (Å²) in [7, 11) is 0. The molecule has 150 valence electrons. The van der Waals surface area contributed by atoms with Crippen LogP contribution < -0.4 is 5.32 Å². The van der Waals surface area contributed by atoms with Crippen molar-refractivity contribution in [1.29, 1.82) is 5.26 Å². The molecule has 0 aliphatic heterocycles. The molecule has 3 rings (SSSR count). The largest absolute Gasteiger partial charge is 0.493 e. The summed E-state index contributed by atoms with van der Waals surface area (Å²) in [5, 5.41) is 29.8. The maximum Gasteiger partial charge on any atom is 0.283 e. The number of azo groups is 1. The van der Waals surface area contributed by atoms with E-state index in [1.54, 1.807) is 34.9 Å². The molecule has 1 aromatic heterocycles. The van der Waals surface area contributed by atoms with Crippen molar-refractivity contribution in [2.45, 2.75) is 13.0 Å². The number of aryl methyl sites for hydroxylation is 1. The van der Waals surface area contributed by atoms with Crippen molar-refractivity contribution in [2.75, 3.05) is 6.54 Å². The Labute approximate surface area is 172 Å². The number of aromatic nitrogens is 1. The first kappa shape index (κ1) is 20.5. The Hall–Kier alpha value is -4.25. The molecule has 8 heteroatoms. The van der Waals surface area contributed by atoms with Gasteiger partial charge < -0.3 is 15.0 Å². The van der Waals surface area contributed by atoms with Gasteiger partial charge in [-0.25, -0.2) is 0 Å². The predicted octanol–water partition coefficient (Wildman–Crippen LogP) is 3.70. The Morgan fingerprint density at radius 2 is 1.87 bits per heavy atom. The highest BCUT2D eigenvalue weighted by atomic mass is 16.3. The zero-order valence-corrected chi connectivity index (χ0v) is 16.0. The van der Waals surface area contributed by atoms with E-state index in [0.29, 0.717) is 10.9 Å². The Balaban J connectivity index is 1.65. The van der Waals surface area contributed by atoms with Crippen molar-refractivity contribution in [3.8, 4) is 11.9 Å². The molecule has 8 nitrogen and oxygen atoms in total. The number of fused-ring (bicyclic) bond motifs is 1. The Bertz CT molecular complexity index is 1160. The topological polar surface area (TPSA) is 120 Å². The molecule has 2 amide bonds. The van der Waals surface area contributed by atoms with Crippen LogP contribution >= 0.6 is 0 Å². The number of nitrogens with one attached hydrogen (secondary N) is 1. The monoisotopic (exact) mass is 401 g/mol. The van der Waals surface area contributed by atoms with Crippen molar-refractivity contribution in [1.82, 2.24) is 9.88 Å². The predicted molar refractivity (Wildman–Crippen MR) is 112 cm³/mol. The van der Waals surface area contributed by atoms with Crippen LogP contribution in [0.15, 0.2) is 70.9 Å². The van der Waals surface area contributed by atoms with Gasteiger partial charge in [0.2, 0.25) is 11.8 Å². The minimum atomic E-state index is -0.662. The molecule has 0 aliphatic carbocycles. The van der Waals surface area contributed by atoms with Crippen molar-refractivity contribution in [3.05, 3.63) is 66.2 Å². The SMILES string of the molecule is N#CCCn1c(O)c(N=NC(=O)CNC(=O)/C=C/c2ccccc2)c2ccccc21. The van der Waals surface area contributed by atoms with Crippen LogP contribution in [0.25, 0.3) is 17.0 Å². The Kier molecular flexibility index (Phi) is 6.69. The molecule has 30 heavy (non-hydrogen) atoms. The minimum absolute atomic E-state index is 0.146. The van der Waals surface area contributed by atoms with Crippen LogP contribution in [0.4, 0.5) is 5.69 Å². The molecular formula is C22H19N5O3. The summed E-state index contributed by atoms with van der Waals surface area (Å²) in [6, 6.07) is 18.4. The zero-order valence-electron chi connectivity index (χ0n) is 16.0. The highest BCUT2D eigenvalue weighted by molar-refractivity contribution is 5.96. The van der Waals surface area contributed by atoms with Crippen LogP contribution in [0.1, 0.15) is 12.0 Å². The van der Waals surface area contributed by atoms with Crippen LogP contribution in [0.3, 0.4) is 0 Å². The number of aromatic hydroxyl groups is 1. The lowest BCUT2D eigenvalue weighted by Crippen LogP contribution is -2.26. The van der Waals surface area contributed by atoms with Gasteiger partial charge in [-0.3, -0.25) is 9.59 Å². The van der Waals surface area contributed by atoms with Gasteiger partial charge in [-0.2, -0.15) is 5.26 Å². The first-order valence-electron chi connectivity index (χ1n) is 9.23. The molecule has 0 unspecified atom stereocenters. The summed E-state index contributed by atoms with van der Waals surface area (Å²) in [6.07, 6.45) is 3.17. The maximum absolute atomic E-state index is 12.0. The number of hydrogen-bond donors (Lipinski definition) is 2. The summed E-state index contributed by atoms with van der Waals surface area (Å²) in [4.78, 5) is 23.8. The molecule has 0 saturated heterocycles.